The number of benzene rings is 6. The summed E-state index contributed by atoms with van der Waals surface area (Å²) in [7, 11) is 0. The lowest BCUT2D eigenvalue weighted by Crippen LogP contribution is -2.00. The summed E-state index contributed by atoms with van der Waals surface area (Å²) in [5, 5.41) is 0. The Morgan fingerprint density at radius 2 is 0.627 bits per heavy atom. The topological polar surface area (TPSA) is 52.0 Å². The number of aryl methyl sites for hydroxylation is 1. The molecule has 6 aromatic rings. The highest BCUT2D eigenvalue weighted by Gasteiger charge is 2.09. The Labute approximate surface area is 306 Å². The molecule has 260 valence electrons. The summed E-state index contributed by atoms with van der Waals surface area (Å²) in [6.07, 6.45) is 13.8. The van der Waals surface area contributed by atoms with E-state index in [-0.39, 0.29) is 0 Å². The highest BCUT2D eigenvalue weighted by molar-refractivity contribution is 5.43. The second-order valence-electron chi connectivity index (χ2n) is 14.4. The van der Waals surface area contributed by atoms with E-state index in [0.29, 0.717) is 0 Å². The number of rotatable bonds is 17. The minimum atomic E-state index is 0.812. The molecule has 0 aliphatic carbocycles. The molecule has 0 aromatic heterocycles. The maximum Gasteiger partial charge on any atom is 0.0314 e. The van der Waals surface area contributed by atoms with Crippen LogP contribution in [0.5, 0.6) is 0 Å². The van der Waals surface area contributed by atoms with Gasteiger partial charge in [-0.25, -0.2) is 0 Å². The van der Waals surface area contributed by atoms with Crippen LogP contribution in [0.25, 0.3) is 0 Å². The van der Waals surface area contributed by atoms with Crippen LogP contribution in [0.1, 0.15) is 107 Å². The molecule has 0 saturated heterocycles. The molecule has 0 saturated carbocycles. The summed E-state index contributed by atoms with van der Waals surface area (Å²) in [6, 6.07) is 51.1. The first-order valence-electron chi connectivity index (χ1n) is 19.0. The Morgan fingerprint density at radius 3 is 1.04 bits per heavy atom. The van der Waals surface area contributed by atoms with Gasteiger partial charge in [-0.1, -0.05) is 154 Å². The van der Waals surface area contributed by atoms with E-state index in [2.05, 4.69) is 122 Å². The van der Waals surface area contributed by atoms with E-state index in [1.54, 1.807) is 0 Å². The normalized spacial score (nSPS) is 11.2. The van der Waals surface area contributed by atoms with Gasteiger partial charge in [-0.2, -0.15) is 0 Å². The summed E-state index contributed by atoms with van der Waals surface area (Å²) >= 11 is 0. The van der Waals surface area contributed by atoms with Gasteiger partial charge in [0.25, 0.3) is 0 Å². The molecule has 51 heavy (non-hydrogen) atoms. The lowest BCUT2D eigenvalue weighted by atomic mass is 9.91. The maximum absolute atomic E-state index is 5.87. The maximum atomic E-state index is 5.87. The molecule has 6 rings (SSSR count). The summed E-state index contributed by atoms with van der Waals surface area (Å²) < 4.78 is 0. The largest absolute Gasteiger partial charge is 0.399 e. The van der Waals surface area contributed by atoms with Crippen molar-refractivity contribution < 1.29 is 0 Å². The van der Waals surface area contributed by atoms with Gasteiger partial charge in [0.1, 0.15) is 0 Å². The van der Waals surface area contributed by atoms with Gasteiger partial charge in [-0.15, -0.1) is 0 Å². The van der Waals surface area contributed by atoms with Crippen molar-refractivity contribution in [2.24, 2.45) is 0 Å². The van der Waals surface area contributed by atoms with Crippen molar-refractivity contribution in [2.45, 2.75) is 84.0 Å². The van der Waals surface area contributed by atoms with Crippen molar-refractivity contribution in [1.29, 1.82) is 0 Å². The third kappa shape index (κ3) is 11.2. The van der Waals surface area contributed by atoms with Gasteiger partial charge < -0.3 is 11.5 Å². The van der Waals surface area contributed by atoms with Crippen LogP contribution in [0.15, 0.2) is 140 Å². The minimum Gasteiger partial charge on any atom is -0.399 e. The van der Waals surface area contributed by atoms with Crippen molar-refractivity contribution in [3.05, 3.63) is 201 Å². The highest BCUT2D eigenvalue weighted by Crippen LogP contribution is 2.23. The van der Waals surface area contributed by atoms with Crippen LogP contribution in [0.3, 0.4) is 0 Å². The van der Waals surface area contributed by atoms with Crippen molar-refractivity contribution in [1.82, 2.24) is 0 Å². The molecule has 4 N–H and O–H groups in total. The van der Waals surface area contributed by atoms with Crippen LogP contribution in [-0.2, 0) is 38.5 Å². The first kappa shape index (κ1) is 35.7. The SMILES string of the molecule is CCCCCCCCc1cc(Cc2ccc(Cc3ccc(N)cc3)cc2)ccc1Cc1ccc(Cc2ccc(Cc3ccc(N)cc3)cc2)cc1. The van der Waals surface area contributed by atoms with Crippen molar-refractivity contribution in [3.8, 4) is 0 Å². The van der Waals surface area contributed by atoms with E-state index in [0.717, 1.165) is 49.9 Å². The quantitative estimate of drug-likeness (QED) is 0.0749. The zero-order chi connectivity index (χ0) is 35.3. The molecular formula is C49H54N2. The number of hydrogen-bond acceptors (Lipinski definition) is 2. The van der Waals surface area contributed by atoms with Crippen LogP contribution in [0.2, 0.25) is 0 Å². The molecule has 0 fully saturated rings. The van der Waals surface area contributed by atoms with Crippen LogP contribution in [-0.4, -0.2) is 0 Å². The average Bonchev–Trinajstić information content (AvgIpc) is 3.15. The van der Waals surface area contributed by atoms with Crippen LogP contribution in [0, 0.1) is 0 Å². The molecule has 0 radical (unpaired) electrons. The molecular weight excluding hydrogens is 617 g/mol. The van der Waals surface area contributed by atoms with E-state index < -0.39 is 0 Å². The fraction of sp³-hybridized carbons (Fsp3) is 0.265. The molecule has 0 spiro atoms. The number of anilines is 2. The summed E-state index contributed by atoms with van der Waals surface area (Å²) in [6.45, 7) is 2.29. The molecule has 0 amide bonds. The molecule has 0 bridgehead atoms. The van der Waals surface area contributed by atoms with E-state index in [1.165, 1.54) is 99.7 Å². The third-order valence-electron chi connectivity index (χ3n) is 10.1. The van der Waals surface area contributed by atoms with Crippen molar-refractivity contribution in [2.75, 3.05) is 11.5 Å². The Kier molecular flexibility index (Phi) is 12.8. The lowest BCUT2D eigenvalue weighted by molar-refractivity contribution is 0.606. The van der Waals surface area contributed by atoms with E-state index in [4.69, 9.17) is 11.5 Å². The van der Waals surface area contributed by atoms with Crippen LogP contribution in [0.4, 0.5) is 11.4 Å². The van der Waals surface area contributed by atoms with Crippen LogP contribution < -0.4 is 11.5 Å². The molecule has 0 heterocycles. The lowest BCUT2D eigenvalue weighted by Gasteiger charge is -2.14. The van der Waals surface area contributed by atoms with E-state index >= 15 is 0 Å². The van der Waals surface area contributed by atoms with Gasteiger partial charge in [-0.3, -0.25) is 0 Å². The monoisotopic (exact) mass is 670 g/mol. The van der Waals surface area contributed by atoms with Gasteiger partial charge in [-0.05, 0) is 130 Å². The molecule has 0 aliphatic rings. The van der Waals surface area contributed by atoms with Gasteiger partial charge in [0.15, 0.2) is 0 Å². The second kappa shape index (κ2) is 18.2. The average molecular weight is 671 g/mol. The second-order valence-corrected chi connectivity index (χ2v) is 14.4. The molecule has 0 unspecified atom stereocenters. The minimum absolute atomic E-state index is 0.812. The fourth-order valence-corrected chi connectivity index (χ4v) is 7.05. The van der Waals surface area contributed by atoms with Gasteiger partial charge in [0.2, 0.25) is 0 Å². The Balaban J connectivity index is 1.08. The first-order valence-corrected chi connectivity index (χ1v) is 19.0. The van der Waals surface area contributed by atoms with Gasteiger partial charge >= 0.3 is 0 Å². The number of unbranched alkanes of at least 4 members (excludes halogenated alkanes) is 5. The summed E-state index contributed by atoms with van der Waals surface area (Å²) in [4.78, 5) is 0. The van der Waals surface area contributed by atoms with Gasteiger partial charge in [0.05, 0.1) is 0 Å². The van der Waals surface area contributed by atoms with Gasteiger partial charge in [0, 0.05) is 11.4 Å². The summed E-state index contributed by atoms with van der Waals surface area (Å²) in [5.74, 6) is 0. The fourth-order valence-electron chi connectivity index (χ4n) is 7.05. The zero-order valence-electron chi connectivity index (χ0n) is 30.4. The highest BCUT2D eigenvalue weighted by atomic mass is 14.5. The molecule has 6 aromatic carbocycles. The van der Waals surface area contributed by atoms with Crippen molar-refractivity contribution in [3.63, 3.8) is 0 Å². The third-order valence-corrected chi connectivity index (χ3v) is 10.1. The predicted molar refractivity (Wildman–Crippen MR) is 219 cm³/mol. The molecule has 2 heteroatoms. The molecule has 2 nitrogen and oxygen atoms in total. The Bertz CT molecular complexity index is 1920. The number of nitrogens with two attached hydrogens (primary N) is 2. The number of hydrogen-bond donors (Lipinski definition) is 2. The predicted octanol–water partition coefficient (Wildman–Crippen LogP) is 11.7. The molecule has 0 atom stereocenters. The van der Waals surface area contributed by atoms with Crippen LogP contribution >= 0.6 is 0 Å². The van der Waals surface area contributed by atoms with E-state index in [1.807, 2.05) is 24.3 Å². The standard InChI is InChI=1S/C49H54N2/c1-2-3-4-5-6-7-8-46-36-45(34-41-15-13-39(14-16-41)33-43-24-29-49(51)30-25-43)21-26-47(46)35-44-19-17-40(18-20-44)31-37-9-11-38(12-10-37)32-42-22-27-48(50)28-23-42/h9-30,36H,2-8,31-35,50-51H2,1H3. The summed E-state index contributed by atoms with van der Waals surface area (Å²) in [5.41, 5.74) is 28.4. The van der Waals surface area contributed by atoms with E-state index in [9.17, 15) is 0 Å². The Morgan fingerprint density at radius 1 is 0.314 bits per heavy atom. The number of nitrogen functional groups attached to an aromatic ring is 2. The Hall–Kier alpha value is -5.08. The van der Waals surface area contributed by atoms with Crippen molar-refractivity contribution >= 4 is 11.4 Å². The first-order chi connectivity index (χ1) is 25.0. The molecule has 0 aliphatic heterocycles. The zero-order valence-corrected chi connectivity index (χ0v) is 30.4. The smallest absolute Gasteiger partial charge is 0.0314 e.